The van der Waals surface area contributed by atoms with Gasteiger partial charge in [-0.25, -0.2) is 0 Å². The highest BCUT2D eigenvalue weighted by molar-refractivity contribution is 7.55. The molecule has 0 amide bonds. The number of ether oxygens (including phenoxy) is 6. The van der Waals surface area contributed by atoms with Crippen LogP contribution in [0, 0.1) is 10.8 Å². The molecule has 6 atom stereocenters. The van der Waals surface area contributed by atoms with Crippen LogP contribution in [-0.4, -0.2) is 85.3 Å². The number of halogens is 3. The molecule has 0 bridgehead atoms. The van der Waals surface area contributed by atoms with Gasteiger partial charge in [-0.2, -0.15) is 13.2 Å². The van der Waals surface area contributed by atoms with E-state index in [1.54, 1.807) is 0 Å². The number of hydrogen-bond acceptors (Lipinski definition) is 14. The van der Waals surface area contributed by atoms with E-state index in [1.807, 2.05) is 0 Å². The largest absolute Gasteiger partial charge is 0.455 e. The molecule has 1 saturated carbocycles. The zero-order chi connectivity index (χ0) is 34.1. The average molecular weight is 663 g/mol. The Labute approximate surface area is 252 Å². The van der Waals surface area contributed by atoms with Crippen LogP contribution < -0.4 is 0 Å². The van der Waals surface area contributed by atoms with Crippen molar-refractivity contribution in [2.24, 2.45) is 10.8 Å². The maximum absolute atomic E-state index is 14.3. The van der Waals surface area contributed by atoms with Gasteiger partial charge in [0.1, 0.15) is 5.60 Å². The molecule has 2 rings (SSSR count). The summed E-state index contributed by atoms with van der Waals surface area (Å²) in [7, 11) is -4.78. The summed E-state index contributed by atoms with van der Waals surface area (Å²) in [5.74, 6) is -4.98. The first kappa shape index (κ1) is 37.4. The van der Waals surface area contributed by atoms with E-state index in [-0.39, 0.29) is 0 Å². The predicted octanol–water partition coefficient (Wildman–Crippen LogP) is 3.57. The highest BCUT2D eigenvalue weighted by Gasteiger charge is 2.79. The van der Waals surface area contributed by atoms with Crippen LogP contribution in [0.2, 0.25) is 0 Å². The van der Waals surface area contributed by atoms with Gasteiger partial charge in [-0.15, -0.1) is 0 Å². The number of rotatable bonds is 10. The van der Waals surface area contributed by atoms with E-state index < -0.39 is 110 Å². The van der Waals surface area contributed by atoms with Crippen molar-refractivity contribution in [2.75, 3.05) is 13.6 Å². The van der Waals surface area contributed by atoms with E-state index in [0.29, 0.717) is 0 Å². The lowest BCUT2D eigenvalue weighted by Gasteiger charge is -2.46. The second-order valence-corrected chi connectivity index (χ2v) is 14.5. The molecule has 18 heteroatoms. The maximum Gasteiger partial charge on any atom is 0.418 e. The van der Waals surface area contributed by atoms with Crippen LogP contribution in [0.5, 0.6) is 0 Å². The lowest BCUT2D eigenvalue weighted by molar-refractivity contribution is -0.322. The fourth-order valence-electron chi connectivity index (χ4n) is 4.24. The first-order valence-corrected chi connectivity index (χ1v) is 15.0. The van der Waals surface area contributed by atoms with E-state index in [9.17, 15) is 41.7 Å². The van der Waals surface area contributed by atoms with Crippen molar-refractivity contribution in [3.63, 3.8) is 0 Å². The van der Waals surface area contributed by atoms with Crippen molar-refractivity contribution in [3.8, 4) is 0 Å². The van der Waals surface area contributed by atoms with E-state index in [4.69, 9.17) is 37.5 Å². The summed E-state index contributed by atoms with van der Waals surface area (Å²) in [6.07, 6.45) is -15.2. The van der Waals surface area contributed by atoms with Gasteiger partial charge in [0.25, 0.3) is 0 Å². The zero-order valence-electron chi connectivity index (χ0n) is 25.8. The summed E-state index contributed by atoms with van der Waals surface area (Å²) < 4.78 is 98.3. The molecule has 14 nitrogen and oxygen atoms in total. The molecule has 1 aliphatic heterocycles. The van der Waals surface area contributed by atoms with Gasteiger partial charge in [-0.1, -0.05) is 0 Å². The standard InChI is InChI=1S/C26H38F3O14P/c1-13(30)40-17-18(41-14(2)31)20(26(27,28)29)43-25(19(17)42-15(3)32)10-16(25)44(35,38-11-36-21(33)23(4,5)6)39-12-37-22(34)24(7,8)9/h16-20H,10-12H2,1-9H3/t16-,17-,18+,19+,20-,25-/m1/s1. The van der Waals surface area contributed by atoms with Gasteiger partial charge in [0.2, 0.25) is 13.6 Å². The minimum absolute atomic E-state index is 0.597. The van der Waals surface area contributed by atoms with Gasteiger partial charge in [-0.05, 0) is 48.0 Å². The van der Waals surface area contributed by atoms with Gasteiger partial charge in [0.15, 0.2) is 24.4 Å². The molecule has 0 aromatic heterocycles. The highest BCUT2D eigenvalue weighted by atomic mass is 31.2. The summed E-state index contributed by atoms with van der Waals surface area (Å²) in [6.45, 7) is 9.63. The molecule has 0 radical (unpaired) electrons. The molecule has 1 heterocycles. The van der Waals surface area contributed by atoms with Crippen molar-refractivity contribution in [1.29, 1.82) is 0 Å². The van der Waals surface area contributed by atoms with Gasteiger partial charge in [0.05, 0.1) is 16.5 Å². The maximum atomic E-state index is 14.3. The number of carbonyl (C=O) groups excluding carboxylic acids is 5. The molecule has 252 valence electrons. The summed E-state index contributed by atoms with van der Waals surface area (Å²) in [6, 6.07) is 0. The Morgan fingerprint density at radius 1 is 0.750 bits per heavy atom. The second-order valence-electron chi connectivity index (χ2n) is 12.3. The molecule has 0 aromatic rings. The number of alkyl halides is 3. The first-order chi connectivity index (χ1) is 19.8. The normalized spacial score (nSPS) is 27.2. The summed E-state index contributed by atoms with van der Waals surface area (Å²) in [5, 5.41) is 0. The zero-order valence-corrected chi connectivity index (χ0v) is 26.7. The smallest absolute Gasteiger partial charge is 0.418 e. The van der Waals surface area contributed by atoms with Crippen LogP contribution in [0.1, 0.15) is 68.7 Å². The Morgan fingerprint density at radius 2 is 1.16 bits per heavy atom. The van der Waals surface area contributed by atoms with Crippen molar-refractivity contribution in [3.05, 3.63) is 0 Å². The van der Waals surface area contributed by atoms with Gasteiger partial charge in [0, 0.05) is 20.8 Å². The van der Waals surface area contributed by atoms with Crippen LogP contribution >= 0.6 is 7.60 Å². The quantitative estimate of drug-likeness (QED) is 0.144. The molecule has 0 aromatic carbocycles. The Bertz CT molecular complexity index is 1140. The first-order valence-electron chi connectivity index (χ1n) is 13.3. The Balaban J connectivity index is 2.57. The molecule has 0 N–H and O–H groups in total. The van der Waals surface area contributed by atoms with Gasteiger partial charge < -0.3 is 28.4 Å². The van der Waals surface area contributed by atoms with Crippen LogP contribution in [-0.2, 0) is 66.0 Å². The molecule has 1 spiro atoms. The minimum atomic E-state index is -5.25. The molecule has 1 saturated heterocycles. The van der Waals surface area contributed by atoms with Crippen LogP contribution in [0.3, 0.4) is 0 Å². The number of carbonyl (C=O) groups is 5. The van der Waals surface area contributed by atoms with Gasteiger partial charge >= 0.3 is 43.6 Å². The Morgan fingerprint density at radius 3 is 1.52 bits per heavy atom. The molecule has 0 unspecified atom stereocenters. The number of esters is 5. The SMILES string of the molecule is CC(=O)O[C@@H]1[C@H](OC(C)=O)[C@H](C(F)(F)F)O[C@@]2(C[C@H]2P(=O)(OCOC(=O)C(C)(C)C)OCOC(=O)C(C)(C)C)[C@H]1OC(C)=O. The molecule has 2 fully saturated rings. The lowest BCUT2D eigenvalue weighted by atomic mass is 9.92. The topological polar surface area (TPSA) is 176 Å². The molecule has 44 heavy (non-hydrogen) atoms. The van der Waals surface area contributed by atoms with Crippen LogP contribution in [0.4, 0.5) is 13.2 Å². The molecular formula is C26H38F3O14P. The predicted molar refractivity (Wildman–Crippen MR) is 139 cm³/mol. The summed E-state index contributed by atoms with van der Waals surface area (Å²) in [5.41, 5.74) is -6.07. The van der Waals surface area contributed by atoms with E-state index in [1.165, 1.54) is 41.5 Å². The van der Waals surface area contributed by atoms with Crippen molar-refractivity contribution < 1.29 is 79.2 Å². The number of hydrogen-bond donors (Lipinski definition) is 0. The summed E-state index contributed by atoms with van der Waals surface area (Å²) in [4.78, 5) is 60.4. The third kappa shape index (κ3) is 9.14. The Kier molecular flexibility index (Phi) is 11.3. The fraction of sp³-hybridized carbons (Fsp3) is 0.808. The van der Waals surface area contributed by atoms with Crippen LogP contribution in [0.15, 0.2) is 0 Å². The van der Waals surface area contributed by atoms with E-state index >= 15 is 0 Å². The Hall–Kier alpha value is -2.75. The van der Waals surface area contributed by atoms with E-state index in [0.717, 1.165) is 20.8 Å². The second kappa shape index (κ2) is 13.3. The fourth-order valence-corrected chi connectivity index (χ4v) is 6.33. The van der Waals surface area contributed by atoms with Crippen LogP contribution in [0.25, 0.3) is 0 Å². The lowest BCUT2D eigenvalue weighted by Crippen LogP contribution is -2.66. The molecule has 1 aliphatic carbocycles. The third-order valence-electron chi connectivity index (χ3n) is 6.34. The molecule has 2 aliphatic rings. The third-order valence-corrected chi connectivity index (χ3v) is 8.65. The average Bonchev–Trinajstić information content (AvgIpc) is 3.56. The monoisotopic (exact) mass is 662 g/mol. The van der Waals surface area contributed by atoms with Gasteiger partial charge in [-0.3, -0.25) is 37.6 Å². The molecular weight excluding hydrogens is 624 g/mol. The van der Waals surface area contributed by atoms with E-state index in [2.05, 4.69) is 0 Å². The van der Waals surface area contributed by atoms with Crippen molar-refractivity contribution in [1.82, 2.24) is 0 Å². The minimum Gasteiger partial charge on any atom is -0.455 e. The summed E-state index contributed by atoms with van der Waals surface area (Å²) >= 11 is 0. The van der Waals surface area contributed by atoms with Crippen molar-refractivity contribution in [2.45, 2.75) is 111 Å². The van der Waals surface area contributed by atoms with Crippen molar-refractivity contribution >= 4 is 37.4 Å². The highest BCUT2D eigenvalue weighted by Crippen LogP contribution is 2.71.